The first kappa shape index (κ1) is 20.9. The van der Waals surface area contributed by atoms with Gasteiger partial charge in [0.25, 0.3) is 0 Å². The molecule has 0 aliphatic heterocycles. The number of fused-ring (bicyclic) bond motifs is 1. The van der Waals surface area contributed by atoms with Crippen LogP contribution in [-0.2, 0) is 18.4 Å². The van der Waals surface area contributed by atoms with Crippen molar-refractivity contribution >= 4 is 28.7 Å². The average Bonchev–Trinajstić information content (AvgIpc) is 3.44. The highest BCUT2D eigenvalue weighted by molar-refractivity contribution is 7.99. The largest absolute Gasteiger partial charge is 0.348 e. The van der Waals surface area contributed by atoms with Crippen LogP contribution >= 0.6 is 11.8 Å². The first-order chi connectivity index (χ1) is 16.2. The number of hydrogen-bond donors (Lipinski definition) is 1. The Morgan fingerprint density at radius 1 is 1.00 bits per heavy atom. The highest BCUT2D eigenvalue weighted by Gasteiger charge is 2.17. The van der Waals surface area contributed by atoms with E-state index in [1.54, 1.807) is 12.4 Å². The zero-order chi connectivity index (χ0) is 22.6. The smallest absolute Gasteiger partial charge is 0.230 e. The summed E-state index contributed by atoms with van der Waals surface area (Å²) in [7, 11) is 1.95. The summed E-state index contributed by atoms with van der Waals surface area (Å²) >= 11 is 1.34. The van der Waals surface area contributed by atoms with E-state index in [0.717, 1.165) is 28.1 Å². The summed E-state index contributed by atoms with van der Waals surface area (Å²) in [5, 5.41) is 12.3. The average molecular weight is 456 g/mol. The molecular formula is C24H21N7OS. The maximum Gasteiger partial charge on any atom is 0.230 e. The van der Waals surface area contributed by atoms with E-state index in [2.05, 4.69) is 25.5 Å². The second-order valence-electron chi connectivity index (χ2n) is 7.36. The second kappa shape index (κ2) is 9.25. The van der Waals surface area contributed by atoms with E-state index in [1.807, 2.05) is 82.9 Å². The molecule has 0 atom stereocenters. The zero-order valence-electron chi connectivity index (χ0n) is 17.9. The van der Waals surface area contributed by atoms with Crippen molar-refractivity contribution < 1.29 is 4.79 Å². The molecule has 5 aromatic rings. The van der Waals surface area contributed by atoms with Gasteiger partial charge < -0.3 is 9.88 Å². The van der Waals surface area contributed by atoms with Gasteiger partial charge in [-0.3, -0.25) is 14.3 Å². The Labute approximate surface area is 194 Å². The van der Waals surface area contributed by atoms with E-state index in [1.165, 1.54) is 11.8 Å². The van der Waals surface area contributed by atoms with Gasteiger partial charge in [-0.1, -0.05) is 42.1 Å². The number of nitrogens with zero attached hydrogens (tertiary/aromatic N) is 6. The van der Waals surface area contributed by atoms with E-state index >= 15 is 0 Å². The Kier molecular flexibility index (Phi) is 5.86. The van der Waals surface area contributed by atoms with Crippen LogP contribution in [0.5, 0.6) is 0 Å². The summed E-state index contributed by atoms with van der Waals surface area (Å²) in [4.78, 5) is 21.4. The molecule has 2 aromatic carbocycles. The number of pyridine rings is 1. The summed E-state index contributed by atoms with van der Waals surface area (Å²) in [6.45, 7) is 0.358. The lowest BCUT2D eigenvalue weighted by atomic mass is 10.2. The number of benzene rings is 2. The molecule has 0 saturated heterocycles. The van der Waals surface area contributed by atoms with Crippen LogP contribution < -0.4 is 5.32 Å². The number of carbonyl (C=O) groups excluding carboxylic acids is 1. The van der Waals surface area contributed by atoms with Crippen molar-refractivity contribution in [3.63, 3.8) is 0 Å². The van der Waals surface area contributed by atoms with Gasteiger partial charge in [0, 0.05) is 30.7 Å². The van der Waals surface area contributed by atoms with E-state index in [9.17, 15) is 4.79 Å². The fraction of sp³-hybridized carbons (Fsp3) is 0.125. The lowest BCUT2D eigenvalue weighted by Gasteiger charge is -2.10. The normalized spacial score (nSPS) is 11.1. The molecule has 3 heterocycles. The Bertz CT molecular complexity index is 1400. The molecule has 1 N–H and O–H groups in total. The SMILES string of the molecule is Cn1c(CNC(=O)CSc2nnc(-c3cccnc3)n2-c2ccccc2)nc2ccccc21. The molecule has 0 bridgehead atoms. The molecule has 0 aliphatic carbocycles. The molecule has 0 aliphatic rings. The minimum absolute atomic E-state index is 0.0994. The molecule has 0 radical (unpaired) electrons. The Morgan fingerprint density at radius 3 is 2.61 bits per heavy atom. The molecule has 0 spiro atoms. The lowest BCUT2D eigenvalue weighted by molar-refractivity contribution is -0.118. The number of aryl methyl sites for hydroxylation is 1. The summed E-state index contributed by atoms with van der Waals surface area (Å²) < 4.78 is 3.94. The van der Waals surface area contributed by atoms with Crippen LogP contribution in [0.1, 0.15) is 5.82 Å². The minimum Gasteiger partial charge on any atom is -0.348 e. The lowest BCUT2D eigenvalue weighted by Crippen LogP contribution is -2.26. The van der Waals surface area contributed by atoms with E-state index in [4.69, 9.17) is 0 Å². The number of amides is 1. The van der Waals surface area contributed by atoms with Crippen molar-refractivity contribution in [2.45, 2.75) is 11.7 Å². The molecule has 164 valence electrons. The van der Waals surface area contributed by atoms with Crippen LogP contribution in [0.4, 0.5) is 0 Å². The van der Waals surface area contributed by atoms with Crippen molar-refractivity contribution in [2.75, 3.05) is 5.75 Å². The number of imidazole rings is 1. The van der Waals surface area contributed by atoms with E-state index in [-0.39, 0.29) is 11.7 Å². The van der Waals surface area contributed by atoms with Crippen molar-refractivity contribution in [1.29, 1.82) is 0 Å². The van der Waals surface area contributed by atoms with E-state index < -0.39 is 0 Å². The molecule has 0 saturated carbocycles. The van der Waals surface area contributed by atoms with E-state index in [0.29, 0.717) is 17.5 Å². The minimum atomic E-state index is -0.0994. The Hall–Kier alpha value is -3.98. The molecule has 0 unspecified atom stereocenters. The molecule has 8 nitrogen and oxygen atoms in total. The number of rotatable bonds is 7. The molecule has 5 rings (SSSR count). The van der Waals surface area contributed by atoms with Crippen molar-refractivity contribution in [3.05, 3.63) is 84.9 Å². The van der Waals surface area contributed by atoms with Gasteiger partial charge in [-0.25, -0.2) is 4.98 Å². The number of thioether (sulfide) groups is 1. The molecular weight excluding hydrogens is 434 g/mol. The maximum absolute atomic E-state index is 12.6. The van der Waals surface area contributed by atoms with Crippen LogP contribution in [0.15, 0.2) is 84.3 Å². The molecule has 1 amide bonds. The number of para-hydroxylation sites is 3. The fourth-order valence-electron chi connectivity index (χ4n) is 3.57. The standard InChI is InChI=1S/C24H21N7OS/c1-30-20-12-6-5-11-19(20)27-21(30)15-26-22(32)16-33-24-29-28-23(17-8-7-13-25-14-17)31(24)18-9-3-2-4-10-18/h2-14H,15-16H2,1H3,(H,26,32). The quantitative estimate of drug-likeness (QED) is 0.377. The number of nitrogens with one attached hydrogen (secondary N) is 1. The highest BCUT2D eigenvalue weighted by atomic mass is 32.2. The fourth-order valence-corrected chi connectivity index (χ4v) is 4.35. The summed E-state index contributed by atoms with van der Waals surface area (Å²) in [6.07, 6.45) is 3.47. The maximum atomic E-state index is 12.6. The topological polar surface area (TPSA) is 90.5 Å². The third-order valence-electron chi connectivity index (χ3n) is 5.22. The number of aromatic nitrogens is 6. The van der Waals surface area contributed by atoms with Crippen LogP contribution in [0, 0.1) is 0 Å². The summed E-state index contributed by atoms with van der Waals surface area (Å²) in [5.74, 6) is 1.59. The first-order valence-corrected chi connectivity index (χ1v) is 11.4. The zero-order valence-corrected chi connectivity index (χ0v) is 18.7. The van der Waals surface area contributed by atoms with Gasteiger partial charge in [-0.2, -0.15) is 0 Å². The summed E-state index contributed by atoms with van der Waals surface area (Å²) in [6, 6.07) is 21.6. The van der Waals surface area contributed by atoms with Crippen molar-refractivity contribution in [2.24, 2.45) is 7.05 Å². The predicted molar refractivity (Wildman–Crippen MR) is 128 cm³/mol. The Morgan fingerprint density at radius 2 is 1.82 bits per heavy atom. The Balaban J connectivity index is 1.31. The van der Waals surface area contributed by atoms with Crippen LogP contribution in [0.2, 0.25) is 0 Å². The highest BCUT2D eigenvalue weighted by Crippen LogP contribution is 2.27. The molecule has 0 fully saturated rings. The third kappa shape index (κ3) is 4.35. The van der Waals surface area contributed by atoms with Gasteiger partial charge in [-0.15, -0.1) is 10.2 Å². The van der Waals surface area contributed by atoms with Gasteiger partial charge >= 0.3 is 0 Å². The van der Waals surface area contributed by atoms with Gasteiger partial charge in [-0.05, 0) is 36.4 Å². The van der Waals surface area contributed by atoms with Gasteiger partial charge in [0.1, 0.15) is 5.82 Å². The first-order valence-electron chi connectivity index (χ1n) is 10.4. The molecule has 3 aromatic heterocycles. The van der Waals surface area contributed by atoms with Crippen molar-refractivity contribution in [1.82, 2.24) is 34.6 Å². The van der Waals surface area contributed by atoms with Gasteiger partial charge in [0.2, 0.25) is 5.91 Å². The second-order valence-corrected chi connectivity index (χ2v) is 8.30. The van der Waals surface area contributed by atoms with Crippen LogP contribution in [-0.4, -0.2) is 41.0 Å². The molecule has 9 heteroatoms. The van der Waals surface area contributed by atoms with Crippen LogP contribution in [0.25, 0.3) is 28.1 Å². The molecule has 33 heavy (non-hydrogen) atoms. The predicted octanol–water partition coefficient (Wildman–Crippen LogP) is 3.62. The number of carbonyl (C=O) groups is 1. The van der Waals surface area contributed by atoms with Crippen LogP contribution in [0.3, 0.4) is 0 Å². The van der Waals surface area contributed by atoms with Gasteiger partial charge in [0.15, 0.2) is 11.0 Å². The van der Waals surface area contributed by atoms with Gasteiger partial charge in [0.05, 0.1) is 23.3 Å². The number of hydrogen-bond acceptors (Lipinski definition) is 6. The van der Waals surface area contributed by atoms with Crippen molar-refractivity contribution in [3.8, 4) is 17.1 Å². The monoisotopic (exact) mass is 455 g/mol. The summed E-state index contributed by atoms with van der Waals surface area (Å²) in [5.41, 5.74) is 3.73. The third-order valence-corrected chi connectivity index (χ3v) is 6.15.